The summed E-state index contributed by atoms with van der Waals surface area (Å²) in [5.41, 5.74) is 0. The molecule has 0 rings (SSSR count). The Kier molecular flexibility index (Phi) is 48.2. The van der Waals surface area contributed by atoms with Crippen LogP contribution in [-0.4, -0.2) is 37.2 Å². The van der Waals surface area contributed by atoms with Gasteiger partial charge in [0.1, 0.15) is 13.2 Å². The van der Waals surface area contributed by atoms with E-state index in [1.54, 1.807) is 0 Å². The number of hydrogen-bond acceptors (Lipinski definition) is 6. The van der Waals surface area contributed by atoms with Crippen molar-refractivity contribution in [1.82, 2.24) is 0 Å². The van der Waals surface area contributed by atoms with E-state index >= 15 is 0 Å². The Morgan fingerprint density at radius 2 is 0.667 bits per heavy atom. The van der Waals surface area contributed by atoms with Gasteiger partial charge in [0.25, 0.3) is 0 Å². The highest BCUT2D eigenvalue weighted by atomic mass is 16.6. The molecule has 0 N–H and O–H groups in total. The predicted octanol–water partition coefficient (Wildman–Crippen LogP) is 16.8. The number of unbranched alkanes of at least 4 members (excludes halogenated alkanes) is 6. The van der Waals surface area contributed by atoms with Crippen LogP contribution in [0.2, 0.25) is 0 Å². The first-order chi connectivity index (χ1) is 32.5. The molecule has 1 unspecified atom stereocenters. The summed E-state index contributed by atoms with van der Waals surface area (Å²) in [5.74, 6) is -1.13. The van der Waals surface area contributed by atoms with Gasteiger partial charge in [-0.15, -0.1) is 0 Å². The first-order valence-electron chi connectivity index (χ1n) is 25.2. The van der Waals surface area contributed by atoms with Gasteiger partial charge in [0.15, 0.2) is 6.10 Å². The average Bonchev–Trinajstić information content (AvgIpc) is 3.31. The Morgan fingerprint density at radius 1 is 0.318 bits per heavy atom. The maximum absolute atomic E-state index is 12.8. The lowest BCUT2D eigenvalue weighted by atomic mass is 10.1. The number of carbonyl (C=O) groups excluding carboxylic acids is 3. The normalized spacial score (nSPS) is 13.6. The van der Waals surface area contributed by atoms with E-state index in [9.17, 15) is 14.4 Å². The summed E-state index contributed by atoms with van der Waals surface area (Å²) in [4.78, 5) is 37.9. The summed E-state index contributed by atoms with van der Waals surface area (Å²) >= 11 is 0. The molecule has 0 radical (unpaired) electrons. The van der Waals surface area contributed by atoms with Crippen LogP contribution in [0.25, 0.3) is 0 Å². The van der Waals surface area contributed by atoms with Crippen molar-refractivity contribution in [2.75, 3.05) is 13.2 Å². The van der Waals surface area contributed by atoms with Crippen molar-refractivity contribution in [3.05, 3.63) is 170 Å². The number of allylic oxidation sites excluding steroid dienone is 28. The van der Waals surface area contributed by atoms with E-state index in [4.69, 9.17) is 14.2 Å². The molecule has 0 bridgehead atoms. The smallest absolute Gasteiger partial charge is 0.306 e. The van der Waals surface area contributed by atoms with Crippen molar-refractivity contribution < 1.29 is 28.6 Å². The Bertz CT molecular complexity index is 1600. The quantitative estimate of drug-likeness (QED) is 0.0200. The number of esters is 3. The molecule has 0 amide bonds. The molecule has 0 aliphatic heterocycles. The minimum atomic E-state index is -0.860. The van der Waals surface area contributed by atoms with Crippen LogP contribution in [0.4, 0.5) is 0 Å². The maximum Gasteiger partial charge on any atom is 0.306 e. The first-order valence-corrected chi connectivity index (χ1v) is 25.2. The van der Waals surface area contributed by atoms with E-state index in [1.807, 2.05) is 36.5 Å². The molecule has 364 valence electrons. The molecule has 66 heavy (non-hydrogen) atoms. The fourth-order valence-electron chi connectivity index (χ4n) is 5.89. The van der Waals surface area contributed by atoms with E-state index in [1.165, 1.54) is 0 Å². The number of carbonyl (C=O) groups is 3. The van der Waals surface area contributed by atoms with Crippen molar-refractivity contribution in [1.29, 1.82) is 0 Å². The van der Waals surface area contributed by atoms with Crippen molar-refractivity contribution in [3.8, 4) is 0 Å². The van der Waals surface area contributed by atoms with Gasteiger partial charge in [-0.2, -0.15) is 0 Å². The molecule has 0 aromatic heterocycles. The summed E-state index contributed by atoms with van der Waals surface area (Å²) in [6, 6.07) is 0. The second-order valence-electron chi connectivity index (χ2n) is 15.7. The lowest BCUT2D eigenvalue weighted by Gasteiger charge is -2.18. The SMILES string of the molecule is CC\C=C/C=C\C=C/C=C\CCCCCCCC(=O)OCC(COC(=O)CCC/C=C\C/C=C\C/C=C\C/C=C\C/C=C\CC)OC(=O)CC/C=C\C/C=C\C/C=C\C/C=C\C/C=C\CC. The third kappa shape index (κ3) is 49.8. The molecular formula is C60H88O6. The molecule has 6 heteroatoms. The molecule has 0 fully saturated rings. The zero-order chi connectivity index (χ0) is 47.9. The molecule has 0 aromatic rings. The van der Waals surface area contributed by atoms with Gasteiger partial charge in [-0.05, 0) is 109 Å². The summed E-state index contributed by atoms with van der Waals surface area (Å²) in [7, 11) is 0. The highest BCUT2D eigenvalue weighted by molar-refractivity contribution is 5.71. The molecule has 1 atom stereocenters. The Balaban J connectivity index is 4.68. The minimum absolute atomic E-state index is 0.147. The Labute approximate surface area is 402 Å². The van der Waals surface area contributed by atoms with E-state index in [0.717, 1.165) is 116 Å². The molecule has 0 heterocycles. The largest absolute Gasteiger partial charge is 0.462 e. The highest BCUT2D eigenvalue weighted by Gasteiger charge is 2.19. The van der Waals surface area contributed by atoms with Crippen LogP contribution in [0.15, 0.2) is 170 Å². The van der Waals surface area contributed by atoms with Crippen molar-refractivity contribution in [2.24, 2.45) is 0 Å². The number of rotatable bonds is 42. The van der Waals surface area contributed by atoms with Crippen LogP contribution < -0.4 is 0 Å². The van der Waals surface area contributed by atoms with Gasteiger partial charge in [-0.25, -0.2) is 0 Å². The third-order valence-electron chi connectivity index (χ3n) is 9.56. The standard InChI is InChI=1S/C60H88O6/c1-4-7-10-13-16-19-22-25-28-30-33-35-38-41-44-47-50-53-59(62)65-56-57(55-64-58(61)52-49-46-43-40-37-34-31-27-24-21-18-15-12-9-6-3)66-60(63)54-51-48-45-42-39-36-32-29-26-23-20-17-14-11-8-5-2/h7-12,15-21,24-29,31,33,35-36,39,41,44-45,48,57H,4-6,13-14,22-23,30,32,34,37-38,40,42-43,46-47,49-56H2,1-3H3/b10-7-,11-8-,12-9-,18-15-,19-16-,20-17-,24-21-,28-25-,29-26-,31-27-,35-33-,39-36-,44-41-,48-45-. The van der Waals surface area contributed by atoms with Crippen LogP contribution in [0.5, 0.6) is 0 Å². The summed E-state index contributed by atoms with van der Waals surface area (Å²) in [6.07, 6.45) is 77.8. The van der Waals surface area contributed by atoms with E-state index in [0.29, 0.717) is 19.3 Å². The van der Waals surface area contributed by atoms with Gasteiger partial charge in [0.2, 0.25) is 0 Å². The van der Waals surface area contributed by atoms with E-state index in [-0.39, 0.29) is 38.0 Å². The molecule has 0 aliphatic rings. The molecule has 0 saturated heterocycles. The molecule has 0 aromatic carbocycles. The fourth-order valence-corrected chi connectivity index (χ4v) is 5.89. The van der Waals surface area contributed by atoms with Gasteiger partial charge in [-0.3, -0.25) is 14.4 Å². The topological polar surface area (TPSA) is 78.9 Å². The van der Waals surface area contributed by atoms with Gasteiger partial charge in [0.05, 0.1) is 0 Å². The molecule has 0 spiro atoms. The monoisotopic (exact) mass is 905 g/mol. The van der Waals surface area contributed by atoms with Gasteiger partial charge in [-0.1, -0.05) is 210 Å². The summed E-state index contributed by atoms with van der Waals surface area (Å²) < 4.78 is 16.6. The fraction of sp³-hybridized carbons (Fsp3) is 0.483. The molecule has 6 nitrogen and oxygen atoms in total. The highest BCUT2D eigenvalue weighted by Crippen LogP contribution is 2.10. The molecule has 0 aliphatic carbocycles. The van der Waals surface area contributed by atoms with E-state index in [2.05, 4.69) is 154 Å². The zero-order valence-corrected chi connectivity index (χ0v) is 41.4. The van der Waals surface area contributed by atoms with Crippen LogP contribution in [0.1, 0.15) is 168 Å². The van der Waals surface area contributed by atoms with Crippen LogP contribution in [-0.2, 0) is 28.6 Å². The van der Waals surface area contributed by atoms with Crippen molar-refractivity contribution >= 4 is 17.9 Å². The Hall–Kier alpha value is -5.23. The van der Waals surface area contributed by atoms with E-state index < -0.39 is 12.1 Å². The minimum Gasteiger partial charge on any atom is -0.462 e. The van der Waals surface area contributed by atoms with Gasteiger partial charge in [0, 0.05) is 19.3 Å². The van der Waals surface area contributed by atoms with Crippen molar-refractivity contribution in [2.45, 2.75) is 175 Å². The van der Waals surface area contributed by atoms with Crippen molar-refractivity contribution in [3.63, 3.8) is 0 Å². The number of ether oxygens (including phenoxy) is 3. The second kappa shape index (κ2) is 52.4. The van der Waals surface area contributed by atoms with Gasteiger partial charge >= 0.3 is 17.9 Å². The van der Waals surface area contributed by atoms with Crippen LogP contribution in [0, 0.1) is 0 Å². The number of hydrogen-bond donors (Lipinski definition) is 0. The molecular weight excluding hydrogens is 817 g/mol. The second-order valence-corrected chi connectivity index (χ2v) is 15.7. The zero-order valence-electron chi connectivity index (χ0n) is 41.4. The molecule has 0 saturated carbocycles. The lowest BCUT2D eigenvalue weighted by Crippen LogP contribution is -2.30. The average molecular weight is 905 g/mol. The maximum atomic E-state index is 12.8. The summed E-state index contributed by atoms with van der Waals surface area (Å²) in [5, 5.41) is 0. The Morgan fingerprint density at radius 3 is 1.14 bits per heavy atom. The van der Waals surface area contributed by atoms with Crippen LogP contribution in [0.3, 0.4) is 0 Å². The lowest BCUT2D eigenvalue weighted by molar-refractivity contribution is -0.166. The predicted molar refractivity (Wildman–Crippen MR) is 283 cm³/mol. The van der Waals surface area contributed by atoms with Crippen LogP contribution >= 0.6 is 0 Å². The first kappa shape index (κ1) is 60.8. The summed E-state index contributed by atoms with van der Waals surface area (Å²) in [6.45, 7) is 6.10. The van der Waals surface area contributed by atoms with Gasteiger partial charge < -0.3 is 14.2 Å². The third-order valence-corrected chi connectivity index (χ3v) is 9.56.